The van der Waals surface area contributed by atoms with Crippen molar-refractivity contribution in [3.63, 3.8) is 0 Å². The predicted molar refractivity (Wildman–Crippen MR) is 93.9 cm³/mol. The third kappa shape index (κ3) is 11.1. The minimum atomic E-state index is -1.14. The van der Waals surface area contributed by atoms with E-state index in [1.165, 1.54) is 19.3 Å². The Morgan fingerprint density at radius 3 is 1.91 bits per heavy atom. The van der Waals surface area contributed by atoms with Crippen molar-refractivity contribution in [2.75, 3.05) is 0 Å². The number of carboxylic acid groups (broad SMARTS) is 1. The molecule has 0 aliphatic heterocycles. The summed E-state index contributed by atoms with van der Waals surface area (Å²) in [6.07, 6.45) is 5.94. The van der Waals surface area contributed by atoms with Gasteiger partial charge in [-0.25, -0.2) is 0 Å². The number of carboxylic acids is 1. The van der Waals surface area contributed by atoms with Crippen molar-refractivity contribution in [3.8, 4) is 0 Å². The van der Waals surface area contributed by atoms with Gasteiger partial charge < -0.3 is 9.84 Å². The predicted octanol–water partition coefficient (Wildman–Crippen LogP) is 2.87. The van der Waals surface area contributed by atoms with Gasteiger partial charge in [-0.15, -0.1) is 0 Å². The average molecular weight is 318 g/mol. The molecule has 1 atom stereocenters. The summed E-state index contributed by atoms with van der Waals surface area (Å²) >= 11 is 0. The van der Waals surface area contributed by atoms with E-state index in [1.54, 1.807) is 0 Å². The summed E-state index contributed by atoms with van der Waals surface area (Å²) in [4.78, 5) is 22.2. The van der Waals surface area contributed by atoms with Crippen molar-refractivity contribution in [2.24, 2.45) is 5.41 Å². The SMILES string of the molecule is CCCCCCCC(C)(OC(=O)CC(=O)O)C(C)(C)C.[LiH].[NaH]. The van der Waals surface area contributed by atoms with E-state index in [1.807, 2.05) is 27.7 Å². The average Bonchev–Trinajstić information content (AvgIpc) is 2.25. The Kier molecular flexibility index (Phi) is 16.1. The van der Waals surface area contributed by atoms with Crippen LogP contribution in [0.25, 0.3) is 0 Å². The van der Waals surface area contributed by atoms with Crippen molar-refractivity contribution >= 4 is 60.4 Å². The van der Waals surface area contributed by atoms with E-state index in [2.05, 4.69) is 6.92 Å². The van der Waals surface area contributed by atoms with Crippen LogP contribution in [0.1, 0.15) is 79.6 Å². The number of hydrogen-bond donors (Lipinski definition) is 1. The van der Waals surface area contributed by atoms with Gasteiger partial charge in [-0.2, -0.15) is 0 Å². The van der Waals surface area contributed by atoms with Crippen molar-refractivity contribution in [3.05, 3.63) is 0 Å². The van der Waals surface area contributed by atoms with Crippen molar-refractivity contribution in [1.29, 1.82) is 0 Å². The Bertz CT molecular complexity index is 329. The molecule has 0 heterocycles. The van der Waals surface area contributed by atoms with Gasteiger partial charge in [0.25, 0.3) is 0 Å². The number of carbonyl (C=O) groups excluding carboxylic acids is 1. The van der Waals surface area contributed by atoms with Gasteiger partial charge in [0.1, 0.15) is 12.0 Å². The summed E-state index contributed by atoms with van der Waals surface area (Å²) in [7, 11) is 0. The Morgan fingerprint density at radius 1 is 1.00 bits per heavy atom. The molecule has 0 amide bonds. The molecule has 1 N–H and O–H groups in total. The van der Waals surface area contributed by atoms with Crippen LogP contribution < -0.4 is 0 Å². The molecule has 1 unspecified atom stereocenters. The molecule has 0 bridgehead atoms. The topological polar surface area (TPSA) is 63.6 Å². The number of esters is 1. The van der Waals surface area contributed by atoms with Crippen LogP contribution in [-0.4, -0.2) is 71.1 Å². The fourth-order valence-corrected chi connectivity index (χ4v) is 2.06. The van der Waals surface area contributed by atoms with E-state index in [-0.39, 0.29) is 53.8 Å². The molecule has 0 aromatic rings. The van der Waals surface area contributed by atoms with Crippen LogP contribution in [0.5, 0.6) is 0 Å². The summed E-state index contributed by atoms with van der Waals surface area (Å²) in [5.74, 6) is -1.79. The van der Waals surface area contributed by atoms with Crippen molar-refractivity contribution in [1.82, 2.24) is 0 Å². The molecule has 0 spiro atoms. The number of hydrogen-bond acceptors (Lipinski definition) is 3. The van der Waals surface area contributed by atoms with Crippen molar-refractivity contribution < 1.29 is 19.4 Å². The zero-order chi connectivity index (χ0) is 15.8. The summed E-state index contributed by atoms with van der Waals surface area (Å²) in [6, 6.07) is 0. The van der Waals surface area contributed by atoms with E-state index in [4.69, 9.17) is 9.84 Å². The molecule has 0 saturated carbocycles. The summed E-state index contributed by atoms with van der Waals surface area (Å²) < 4.78 is 5.50. The minimum absolute atomic E-state index is 0. The maximum atomic E-state index is 11.6. The summed E-state index contributed by atoms with van der Waals surface area (Å²) in [5.41, 5.74) is -0.836. The van der Waals surface area contributed by atoms with E-state index in [0.29, 0.717) is 0 Å². The number of aliphatic carboxylic acids is 1. The normalized spacial score (nSPS) is 13.3. The quantitative estimate of drug-likeness (QED) is 0.307. The van der Waals surface area contributed by atoms with E-state index >= 15 is 0 Å². The van der Waals surface area contributed by atoms with E-state index in [9.17, 15) is 9.59 Å². The first-order chi connectivity index (χ1) is 9.12. The summed E-state index contributed by atoms with van der Waals surface area (Å²) in [5, 5.41) is 8.66. The zero-order valence-corrected chi connectivity index (χ0v) is 13.6. The van der Waals surface area contributed by atoms with E-state index in [0.717, 1.165) is 19.3 Å². The molecule has 0 radical (unpaired) electrons. The van der Waals surface area contributed by atoms with Crippen LogP contribution >= 0.6 is 0 Å². The van der Waals surface area contributed by atoms with Gasteiger partial charge in [-0.3, -0.25) is 9.59 Å². The number of rotatable bonds is 9. The molecule has 0 rings (SSSR count). The van der Waals surface area contributed by atoms with Crippen LogP contribution in [0, 0.1) is 5.41 Å². The molecule has 0 aromatic heterocycles. The number of unbranched alkanes of at least 4 members (excludes halogenated alkanes) is 4. The first kappa shape index (κ1) is 27.4. The standard InChI is InChI=1S/C16H30O4.Li.Na.2H/c1-6-7-8-9-10-11-16(5,15(2,3)4)20-14(19)12-13(17)18;;;;/h6-12H2,1-5H3,(H,17,18);;;;. The molecule has 6 heteroatoms. The monoisotopic (exact) mass is 318 g/mol. The van der Waals surface area contributed by atoms with Gasteiger partial charge in [0.05, 0.1) is 0 Å². The molecular weight excluding hydrogens is 286 g/mol. The maximum absolute atomic E-state index is 11.6. The van der Waals surface area contributed by atoms with Crippen LogP contribution in [-0.2, 0) is 14.3 Å². The first-order valence-corrected chi connectivity index (χ1v) is 7.56. The molecule has 0 saturated heterocycles. The van der Waals surface area contributed by atoms with Crippen LogP contribution in [0.15, 0.2) is 0 Å². The molecule has 22 heavy (non-hydrogen) atoms. The van der Waals surface area contributed by atoms with Gasteiger partial charge in [0.15, 0.2) is 0 Å². The molecule has 122 valence electrons. The zero-order valence-electron chi connectivity index (χ0n) is 13.6. The molecule has 0 aliphatic rings. The molecule has 0 aromatic carbocycles. The fraction of sp³-hybridized carbons (Fsp3) is 0.875. The van der Waals surface area contributed by atoms with Gasteiger partial charge in [0, 0.05) is 5.41 Å². The Labute approximate surface area is 169 Å². The third-order valence-electron chi connectivity index (χ3n) is 3.98. The second-order valence-corrected chi connectivity index (χ2v) is 6.69. The molecular formula is C16H32LiNaO4. The van der Waals surface area contributed by atoms with Crippen molar-refractivity contribution in [2.45, 2.75) is 85.2 Å². The summed E-state index contributed by atoms with van der Waals surface area (Å²) in [6.45, 7) is 10.1. The van der Waals surface area contributed by atoms with Crippen LogP contribution in [0.3, 0.4) is 0 Å². The third-order valence-corrected chi connectivity index (χ3v) is 3.98. The Balaban J connectivity index is -0.00000180. The Morgan fingerprint density at radius 2 is 1.50 bits per heavy atom. The fourth-order valence-electron chi connectivity index (χ4n) is 2.06. The molecule has 0 fully saturated rings. The second kappa shape index (κ2) is 12.9. The molecule has 0 aliphatic carbocycles. The Hall–Kier alpha value is 0.537. The van der Waals surface area contributed by atoms with Gasteiger partial charge in [0.2, 0.25) is 0 Å². The van der Waals surface area contributed by atoms with Gasteiger partial charge in [-0.05, 0) is 19.8 Å². The molecule has 4 nitrogen and oxygen atoms in total. The van der Waals surface area contributed by atoms with Gasteiger partial charge in [-0.1, -0.05) is 53.4 Å². The van der Waals surface area contributed by atoms with Crippen LogP contribution in [0.2, 0.25) is 0 Å². The second-order valence-electron chi connectivity index (χ2n) is 6.69. The first-order valence-electron chi connectivity index (χ1n) is 7.56. The van der Waals surface area contributed by atoms with Crippen LogP contribution in [0.4, 0.5) is 0 Å². The van der Waals surface area contributed by atoms with Gasteiger partial charge >= 0.3 is 60.4 Å². The number of carbonyl (C=O) groups is 2. The number of ether oxygens (including phenoxy) is 1. The van der Waals surface area contributed by atoms with E-state index < -0.39 is 24.0 Å².